The van der Waals surface area contributed by atoms with Crippen LogP contribution in [-0.4, -0.2) is 36.6 Å². The summed E-state index contributed by atoms with van der Waals surface area (Å²) in [5.41, 5.74) is 0.572. The zero-order chi connectivity index (χ0) is 16.5. The molecule has 0 saturated heterocycles. The number of hydrogen-bond donors (Lipinski definition) is 1. The van der Waals surface area contributed by atoms with Crippen molar-refractivity contribution in [3.05, 3.63) is 29.8 Å². The van der Waals surface area contributed by atoms with Gasteiger partial charge in [0.2, 0.25) is 0 Å². The molecule has 0 bridgehead atoms. The van der Waals surface area contributed by atoms with Gasteiger partial charge in [0.1, 0.15) is 0 Å². The summed E-state index contributed by atoms with van der Waals surface area (Å²) >= 11 is 1.60. The number of hydrogen-bond acceptors (Lipinski definition) is 5. The highest BCUT2D eigenvalue weighted by Crippen LogP contribution is 2.16. The smallest absolute Gasteiger partial charge is 0.307 e. The molecule has 1 atom stereocenters. The van der Waals surface area contributed by atoms with E-state index >= 15 is 0 Å². The van der Waals surface area contributed by atoms with Gasteiger partial charge in [-0.2, -0.15) is 0 Å². The standard InChI is InChI=1S/C16H21NO4S/c1-4-17-16(20)11(2)21-15(19)10-9-14(18)12-5-7-13(22-3)8-6-12/h5-8,11H,4,9-10H2,1-3H3,(H,17,20)/t11-/m1/s1. The van der Waals surface area contributed by atoms with Crippen LogP contribution in [0.3, 0.4) is 0 Å². The molecule has 0 aliphatic heterocycles. The van der Waals surface area contributed by atoms with Crippen LogP contribution in [0, 0.1) is 0 Å². The van der Waals surface area contributed by atoms with Gasteiger partial charge in [0.25, 0.3) is 5.91 Å². The molecule has 0 fully saturated rings. The number of rotatable bonds is 8. The van der Waals surface area contributed by atoms with Crippen LogP contribution < -0.4 is 5.32 Å². The molecule has 0 heterocycles. The van der Waals surface area contributed by atoms with E-state index in [0.717, 1.165) is 4.90 Å². The number of ether oxygens (including phenoxy) is 1. The molecule has 6 heteroatoms. The number of thioether (sulfide) groups is 1. The maximum atomic E-state index is 12.0. The Hall–Kier alpha value is -1.82. The fourth-order valence-electron chi connectivity index (χ4n) is 1.76. The van der Waals surface area contributed by atoms with E-state index in [1.807, 2.05) is 18.4 Å². The normalized spacial score (nSPS) is 11.6. The minimum atomic E-state index is -0.844. The minimum Gasteiger partial charge on any atom is -0.453 e. The summed E-state index contributed by atoms with van der Waals surface area (Å²) in [4.78, 5) is 36.1. The molecule has 0 unspecified atom stereocenters. The molecule has 0 aliphatic carbocycles. The van der Waals surface area contributed by atoms with Gasteiger partial charge in [-0.25, -0.2) is 0 Å². The Morgan fingerprint density at radius 3 is 2.36 bits per heavy atom. The molecule has 1 rings (SSSR count). The molecule has 1 amide bonds. The van der Waals surface area contributed by atoms with Crippen LogP contribution in [0.15, 0.2) is 29.2 Å². The molecule has 1 aromatic carbocycles. The lowest BCUT2D eigenvalue weighted by Crippen LogP contribution is -2.35. The van der Waals surface area contributed by atoms with Crippen molar-refractivity contribution in [2.75, 3.05) is 12.8 Å². The van der Waals surface area contributed by atoms with Crippen LogP contribution in [0.4, 0.5) is 0 Å². The Morgan fingerprint density at radius 2 is 1.82 bits per heavy atom. The second-order valence-corrected chi connectivity index (χ2v) is 5.56. The van der Waals surface area contributed by atoms with E-state index in [1.54, 1.807) is 30.8 Å². The van der Waals surface area contributed by atoms with E-state index in [0.29, 0.717) is 12.1 Å². The fourth-order valence-corrected chi connectivity index (χ4v) is 2.17. The van der Waals surface area contributed by atoms with Crippen molar-refractivity contribution in [1.29, 1.82) is 0 Å². The second kappa shape index (κ2) is 9.25. The molecular formula is C16H21NO4S. The summed E-state index contributed by atoms with van der Waals surface area (Å²) in [6, 6.07) is 7.23. The Morgan fingerprint density at radius 1 is 1.18 bits per heavy atom. The highest BCUT2D eigenvalue weighted by atomic mass is 32.2. The topological polar surface area (TPSA) is 72.5 Å². The lowest BCUT2D eigenvalue weighted by molar-refractivity contribution is -0.154. The first-order valence-corrected chi connectivity index (χ1v) is 8.34. The first-order chi connectivity index (χ1) is 10.5. The number of carbonyl (C=O) groups is 3. The van der Waals surface area contributed by atoms with Crippen LogP contribution in [-0.2, 0) is 14.3 Å². The molecule has 120 valence electrons. The third-order valence-electron chi connectivity index (χ3n) is 3.00. The lowest BCUT2D eigenvalue weighted by atomic mass is 10.1. The molecule has 0 aliphatic rings. The third kappa shape index (κ3) is 5.89. The maximum absolute atomic E-state index is 12.0. The van der Waals surface area contributed by atoms with Crippen LogP contribution in [0.1, 0.15) is 37.0 Å². The SMILES string of the molecule is CCNC(=O)[C@@H](C)OC(=O)CCC(=O)c1ccc(SC)cc1. The summed E-state index contributed by atoms with van der Waals surface area (Å²) in [6.07, 6.45) is 1.15. The van der Waals surface area contributed by atoms with E-state index in [1.165, 1.54) is 6.92 Å². The molecule has 1 N–H and O–H groups in total. The zero-order valence-electron chi connectivity index (χ0n) is 13.0. The number of carbonyl (C=O) groups excluding carboxylic acids is 3. The Labute approximate surface area is 134 Å². The van der Waals surface area contributed by atoms with Crippen molar-refractivity contribution in [3.63, 3.8) is 0 Å². The van der Waals surface area contributed by atoms with Gasteiger partial charge in [0.05, 0.1) is 6.42 Å². The van der Waals surface area contributed by atoms with Crippen molar-refractivity contribution in [2.24, 2.45) is 0 Å². The molecule has 5 nitrogen and oxygen atoms in total. The average Bonchev–Trinajstić information content (AvgIpc) is 2.52. The number of esters is 1. The first-order valence-electron chi connectivity index (χ1n) is 7.12. The number of likely N-dealkylation sites (N-methyl/N-ethyl adjacent to an activating group) is 1. The molecule has 0 spiro atoms. The van der Waals surface area contributed by atoms with Crippen molar-refractivity contribution >= 4 is 29.4 Å². The Bertz CT molecular complexity index is 527. The van der Waals surface area contributed by atoms with Crippen LogP contribution in [0.2, 0.25) is 0 Å². The predicted molar refractivity (Wildman–Crippen MR) is 86.0 cm³/mol. The van der Waals surface area contributed by atoms with Gasteiger partial charge >= 0.3 is 5.97 Å². The van der Waals surface area contributed by atoms with E-state index in [4.69, 9.17) is 4.74 Å². The van der Waals surface area contributed by atoms with E-state index in [9.17, 15) is 14.4 Å². The molecule has 0 saturated carbocycles. The molecule has 0 radical (unpaired) electrons. The Balaban J connectivity index is 2.42. The largest absolute Gasteiger partial charge is 0.453 e. The highest BCUT2D eigenvalue weighted by Gasteiger charge is 2.17. The van der Waals surface area contributed by atoms with Gasteiger partial charge in [-0.05, 0) is 32.2 Å². The van der Waals surface area contributed by atoms with Crippen molar-refractivity contribution in [1.82, 2.24) is 5.32 Å². The van der Waals surface area contributed by atoms with Gasteiger partial charge in [0, 0.05) is 23.4 Å². The molecule has 0 aromatic heterocycles. The zero-order valence-corrected chi connectivity index (χ0v) is 13.9. The van der Waals surface area contributed by atoms with Crippen molar-refractivity contribution in [2.45, 2.75) is 37.7 Å². The second-order valence-electron chi connectivity index (χ2n) is 4.68. The maximum Gasteiger partial charge on any atom is 0.307 e. The van der Waals surface area contributed by atoms with E-state index in [-0.39, 0.29) is 24.5 Å². The Kier molecular flexibility index (Phi) is 7.66. The predicted octanol–water partition coefficient (Wildman–Crippen LogP) is 2.44. The van der Waals surface area contributed by atoms with Gasteiger partial charge in [0.15, 0.2) is 11.9 Å². The molecule has 22 heavy (non-hydrogen) atoms. The highest BCUT2D eigenvalue weighted by molar-refractivity contribution is 7.98. The summed E-state index contributed by atoms with van der Waals surface area (Å²) in [7, 11) is 0. The van der Waals surface area contributed by atoms with Crippen LogP contribution in [0.25, 0.3) is 0 Å². The first kappa shape index (κ1) is 18.2. The quantitative estimate of drug-likeness (QED) is 0.452. The number of nitrogens with one attached hydrogen (secondary N) is 1. The van der Waals surface area contributed by atoms with Crippen molar-refractivity contribution < 1.29 is 19.1 Å². The third-order valence-corrected chi connectivity index (χ3v) is 3.74. The monoisotopic (exact) mass is 323 g/mol. The molecule has 1 aromatic rings. The summed E-state index contributed by atoms with van der Waals surface area (Å²) < 4.78 is 4.98. The van der Waals surface area contributed by atoms with Gasteiger partial charge in [-0.15, -0.1) is 11.8 Å². The van der Waals surface area contributed by atoms with Gasteiger partial charge in [-0.1, -0.05) is 12.1 Å². The summed E-state index contributed by atoms with van der Waals surface area (Å²) in [6.45, 7) is 3.77. The number of benzene rings is 1. The van der Waals surface area contributed by atoms with E-state index < -0.39 is 12.1 Å². The number of Topliss-reactive ketones (excluding diaryl/α,β-unsaturated/α-hetero) is 1. The number of amides is 1. The number of ketones is 1. The van der Waals surface area contributed by atoms with E-state index in [2.05, 4.69) is 5.32 Å². The van der Waals surface area contributed by atoms with Gasteiger partial charge in [-0.3, -0.25) is 14.4 Å². The van der Waals surface area contributed by atoms with Crippen LogP contribution >= 0.6 is 11.8 Å². The summed E-state index contributed by atoms with van der Waals surface area (Å²) in [5.74, 6) is -1.00. The fraction of sp³-hybridized carbons (Fsp3) is 0.438. The average molecular weight is 323 g/mol. The lowest BCUT2D eigenvalue weighted by Gasteiger charge is -2.12. The van der Waals surface area contributed by atoms with Gasteiger partial charge < -0.3 is 10.1 Å². The van der Waals surface area contributed by atoms with Crippen LogP contribution in [0.5, 0.6) is 0 Å². The molecular weight excluding hydrogens is 302 g/mol. The van der Waals surface area contributed by atoms with Crippen molar-refractivity contribution in [3.8, 4) is 0 Å². The minimum absolute atomic E-state index is 0.0349. The summed E-state index contributed by atoms with van der Waals surface area (Å²) in [5, 5.41) is 2.57.